The second kappa shape index (κ2) is 6.72. The Kier molecular flexibility index (Phi) is 5.82. The van der Waals surface area contributed by atoms with Crippen LogP contribution in [0.1, 0.15) is 27.2 Å². The Morgan fingerprint density at radius 2 is 2.00 bits per heavy atom. The lowest BCUT2D eigenvalue weighted by molar-refractivity contribution is 0.349. The molecule has 0 aliphatic rings. The Morgan fingerprint density at radius 3 is 2.47 bits per heavy atom. The molecule has 1 aromatic carbocycles. The Bertz CT molecular complexity index is 529. The summed E-state index contributed by atoms with van der Waals surface area (Å²) in [6.07, 6.45) is 0.772. The highest BCUT2D eigenvalue weighted by Gasteiger charge is 2.29. The summed E-state index contributed by atoms with van der Waals surface area (Å²) in [5.74, 6) is 0.366. The van der Waals surface area contributed by atoms with Crippen molar-refractivity contribution in [3.8, 4) is 5.75 Å². The maximum Gasteiger partial charge on any atom is 0.247 e. The van der Waals surface area contributed by atoms with Crippen LogP contribution in [-0.4, -0.2) is 32.4 Å². The van der Waals surface area contributed by atoms with Gasteiger partial charge in [0.15, 0.2) is 0 Å². The normalized spacial score (nSPS) is 12.2. The summed E-state index contributed by atoms with van der Waals surface area (Å²) >= 11 is 3.30. The number of ether oxygens (including phenoxy) is 1. The van der Waals surface area contributed by atoms with Gasteiger partial charge in [-0.25, -0.2) is 8.42 Å². The fourth-order valence-corrected chi connectivity index (χ4v) is 4.28. The quantitative estimate of drug-likeness (QED) is 0.791. The minimum absolute atomic E-state index is 0.0892. The number of nitrogens with zero attached hydrogens (tertiary/aromatic N) is 1. The number of hydrogen-bond donors (Lipinski definition) is 0. The van der Waals surface area contributed by atoms with Gasteiger partial charge >= 0.3 is 0 Å². The highest BCUT2D eigenvalue weighted by molar-refractivity contribution is 9.10. The van der Waals surface area contributed by atoms with E-state index >= 15 is 0 Å². The molecule has 0 heterocycles. The van der Waals surface area contributed by atoms with E-state index in [1.807, 2.05) is 20.8 Å². The number of halogens is 1. The van der Waals surface area contributed by atoms with E-state index in [0.717, 1.165) is 6.42 Å². The van der Waals surface area contributed by atoms with E-state index in [1.54, 1.807) is 18.2 Å². The molecule has 0 aromatic heterocycles. The van der Waals surface area contributed by atoms with Gasteiger partial charge in [-0.15, -0.1) is 0 Å². The highest BCUT2D eigenvalue weighted by Crippen LogP contribution is 2.30. The molecule has 6 heteroatoms. The van der Waals surface area contributed by atoms with Crippen LogP contribution in [0.2, 0.25) is 0 Å². The van der Waals surface area contributed by atoms with Gasteiger partial charge in [0.25, 0.3) is 0 Å². The van der Waals surface area contributed by atoms with E-state index in [2.05, 4.69) is 15.9 Å². The van der Waals surface area contributed by atoms with Gasteiger partial charge in [-0.2, -0.15) is 4.31 Å². The number of rotatable bonds is 6. The van der Waals surface area contributed by atoms with Gasteiger partial charge < -0.3 is 4.74 Å². The number of methoxy groups -OCH3 is 1. The van der Waals surface area contributed by atoms with Gasteiger partial charge in [-0.1, -0.05) is 22.9 Å². The zero-order valence-corrected chi connectivity index (χ0v) is 14.1. The number of hydrogen-bond acceptors (Lipinski definition) is 3. The molecule has 0 unspecified atom stereocenters. The lowest BCUT2D eigenvalue weighted by atomic mass is 10.3. The third kappa shape index (κ3) is 3.70. The van der Waals surface area contributed by atoms with Crippen LogP contribution in [0.15, 0.2) is 27.6 Å². The smallest absolute Gasteiger partial charge is 0.247 e. The van der Waals surface area contributed by atoms with E-state index in [4.69, 9.17) is 4.74 Å². The molecule has 0 aliphatic carbocycles. The van der Waals surface area contributed by atoms with Crippen molar-refractivity contribution >= 4 is 26.0 Å². The van der Waals surface area contributed by atoms with E-state index in [1.165, 1.54) is 11.4 Å². The van der Waals surface area contributed by atoms with Crippen LogP contribution in [0, 0.1) is 0 Å². The van der Waals surface area contributed by atoms with Crippen LogP contribution in [0.4, 0.5) is 0 Å². The molecule has 19 heavy (non-hydrogen) atoms. The molecular formula is C13H20BrNO3S. The lowest BCUT2D eigenvalue weighted by Gasteiger charge is -2.26. The van der Waals surface area contributed by atoms with Gasteiger partial charge in [-0.05, 0) is 38.5 Å². The first kappa shape index (κ1) is 16.5. The summed E-state index contributed by atoms with van der Waals surface area (Å²) in [6, 6.07) is 4.91. The van der Waals surface area contributed by atoms with Crippen LogP contribution in [0.3, 0.4) is 0 Å². The topological polar surface area (TPSA) is 46.6 Å². The summed E-state index contributed by atoms with van der Waals surface area (Å²) in [5, 5.41) is 0. The van der Waals surface area contributed by atoms with Crippen molar-refractivity contribution in [1.82, 2.24) is 4.31 Å². The molecule has 0 amide bonds. The Morgan fingerprint density at radius 1 is 1.37 bits per heavy atom. The van der Waals surface area contributed by atoms with Gasteiger partial charge in [0.05, 0.1) is 7.11 Å². The van der Waals surface area contributed by atoms with Crippen molar-refractivity contribution in [2.45, 2.75) is 38.1 Å². The average molecular weight is 350 g/mol. The van der Waals surface area contributed by atoms with Gasteiger partial charge in [0, 0.05) is 17.1 Å². The zero-order chi connectivity index (χ0) is 14.6. The van der Waals surface area contributed by atoms with Crippen molar-refractivity contribution in [1.29, 1.82) is 0 Å². The van der Waals surface area contributed by atoms with E-state index in [0.29, 0.717) is 16.8 Å². The van der Waals surface area contributed by atoms with E-state index in [9.17, 15) is 8.42 Å². The van der Waals surface area contributed by atoms with Crippen molar-refractivity contribution < 1.29 is 13.2 Å². The molecule has 0 saturated heterocycles. The summed E-state index contributed by atoms with van der Waals surface area (Å²) in [6.45, 7) is 6.20. The minimum Gasteiger partial charge on any atom is -0.495 e. The molecule has 0 radical (unpaired) electrons. The molecule has 108 valence electrons. The van der Waals surface area contributed by atoms with Gasteiger partial charge in [-0.3, -0.25) is 0 Å². The molecule has 0 saturated carbocycles. The first-order chi connectivity index (χ1) is 8.84. The average Bonchev–Trinajstić information content (AvgIpc) is 2.35. The van der Waals surface area contributed by atoms with Gasteiger partial charge in [0.1, 0.15) is 10.6 Å². The third-order valence-corrected chi connectivity index (χ3v) is 5.32. The van der Waals surface area contributed by atoms with Crippen LogP contribution in [-0.2, 0) is 10.0 Å². The Labute approximate surface area is 123 Å². The van der Waals surface area contributed by atoms with Crippen LogP contribution in [0.25, 0.3) is 0 Å². The zero-order valence-electron chi connectivity index (χ0n) is 11.7. The predicted octanol–water partition coefficient (Wildman–Crippen LogP) is 3.27. The fraction of sp³-hybridized carbons (Fsp3) is 0.538. The fourth-order valence-electron chi connectivity index (χ4n) is 1.85. The first-order valence-corrected chi connectivity index (χ1v) is 8.43. The number of benzene rings is 1. The molecular weight excluding hydrogens is 330 g/mol. The minimum atomic E-state index is -3.55. The van der Waals surface area contributed by atoms with E-state index < -0.39 is 10.0 Å². The van der Waals surface area contributed by atoms with Crippen molar-refractivity contribution in [3.63, 3.8) is 0 Å². The Hall–Kier alpha value is -0.590. The second-order valence-corrected chi connectivity index (χ2v) is 7.28. The van der Waals surface area contributed by atoms with Crippen molar-refractivity contribution in [2.24, 2.45) is 0 Å². The Balaban J connectivity index is 3.36. The molecule has 1 aromatic rings. The monoisotopic (exact) mass is 349 g/mol. The largest absolute Gasteiger partial charge is 0.495 e. The molecule has 0 fully saturated rings. The lowest BCUT2D eigenvalue weighted by Crippen LogP contribution is -2.37. The third-order valence-electron chi connectivity index (χ3n) is 2.73. The highest BCUT2D eigenvalue weighted by atomic mass is 79.9. The molecule has 0 bridgehead atoms. The second-order valence-electron chi connectivity index (χ2n) is 4.50. The molecule has 0 atom stereocenters. The molecule has 0 N–H and O–H groups in total. The number of sulfonamides is 1. The van der Waals surface area contributed by atoms with Crippen molar-refractivity contribution in [3.05, 3.63) is 22.7 Å². The maximum absolute atomic E-state index is 12.7. The van der Waals surface area contributed by atoms with Crippen LogP contribution < -0.4 is 4.74 Å². The van der Waals surface area contributed by atoms with E-state index in [-0.39, 0.29) is 10.9 Å². The van der Waals surface area contributed by atoms with Gasteiger partial charge in [0.2, 0.25) is 10.0 Å². The predicted molar refractivity (Wildman–Crippen MR) is 80.0 cm³/mol. The molecule has 1 rings (SSSR count). The van der Waals surface area contributed by atoms with Crippen molar-refractivity contribution in [2.75, 3.05) is 13.7 Å². The van der Waals surface area contributed by atoms with Crippen LogP contribution in [0.5, 0.6) is 5.75 Å². The molecule has 0 spiro atoms. The first-order valence-electron chi connectivity index (χ1n) is 6.20. The summed E-state index contributed by atoms with van der Waals surface area (Å²) < 4.78 is 32.8. The SMILES string of the molecule is CCCN(C(C)C)S(=O)(=O)c1cc(Br)ccc1OC. The summed E-state index contributed by atoms with van der Waals surface area (Å²) in [7, 11) is -2.08. The summed E-state index contributed by atoms with van der Waals surface area (Å²) in [4.78, 5) is 0.200. The standard InChI is InChI=1S/C13H20BrNO3S/c1-5-8-15(10(2)3)19(16,17)13-9-11(14)6-7-12(13)18-4/h6-7,9-10H,5,8H2,1-4H3. The molecule has 4 nitrogen and oxygen atoms in total. The van der Waals surface area contributed by atoms with Crippen LogP contribution >= 0.6 is 15.9 Å². The summed E-state index contributed by atoms with van der Waals surface area (Å²) in [5.41, 5.74) is 0. The molecule has 0 aliphatic heterocycles. The maximum atomic E-state index is 12.7.